The normalized spacial score (nSPS) is 27.4. The first-order chi connectivity index (χ1) is 6.96. The molecule has 1 aliphatic carbocycles. The lowest BCUT2D eigenvalue weighted by molar-refractivity contribution is -0.385. The van der Waals surface area contributed by atoms with Crippen molar-refractivity contribution < 1.29 is 4.92 Å². The third-order valence-corrected chi connectivity index (χ3v) is 3.38. The van der Waals surface area contributed by atoms with E-state index >= 15 is 0 Å². The van der Waals surface area contributed by atoms with Crippen molar-refractivity contribution >= 4 is 5.69 Å². The predicted octanol–water partition coefficient (Wildman–Crippen LogP) is 2.05. The van der Waals surface area contributed by atoms with E-state index in [1.54, 1.807) is 12.1 Å². The Morgan fingerprint density at radius 3 is 2.40 bits per heavy atom. The number of nitrogens with zero attached hydrogens (tertiary/aromatic N) is 1. The monoisotopic (exact) mass is 206 g/mol. The van der Waals surface area contributed by atoms with Gasteiger partial charge in [-0.05, 0) is 5.41 Å². The first kappa shape index (κ1) is 10.1. The van der Waals surface area contributed by atoms with Crippen LogP contribution >= 0.6 is 0 Å². The van der Waals surface area contributed by atoms with Crippen LogP contribution in [0.15, 0.2) is 24.3 Å². The van der Waals surface area contributed by atoms with Gasteiger partial charge in [0.1, 0.15) is 0 Å². The summed E-state index contributed by atoms with van der Waals surface area (Å²) < 4.78 is 0. The minimum Gasteiger partial charge on any atom is -0.327 e. The highest BCUT2D eigenvalue weighted by molar-refractivity contribution is 5.48. The Bertz CT molecular complexity index is 415. The van der Waals surface area contributed by atoms with Crippen molar-refractivity contribution in [3.63, 3.8) is 0 Å². The first-order valence-corrected chi connectivity index (χ1v) is 4.95. The van der Waals surface area contributed by atoms with E-state index in [4.69, 9.17) is 5.73 Å². The lowest BCUT2D eigenvalue weighted by Crippen LogP contribution is -2.06. The fourth-order valence-electron chi connectivity index (χ4n) is 2.19. The quantitative estimate of drug-likeness (QED) is 0.594. The molecule has 0 saturated heterocycles. The van der Waals surface area contributed by atoms with Gasteiger partial charge in [0.2, 0.25) is 0 Å². The van der Waals surface area contributed by atoms with Gasteiger partial charge >= 0.3 is 0 Å². The average Bonchev–Trinajstić information content (AvgIpc) is 2.66. The zero-order chi connectivity index (χ0) is 11.2. The molecule has 1 fully saturated rings. The lowest BCUT2D eigenvalue weighted by atomic mass is 10.0. The van der Waals surface area contributed by atoms with Crippen LogP contribution in [0.25, 0.3) is 0 Å². The van der Waals surface area contributed by atoms with Crippen LogP contribution in [0.4, 0.5) is 5.69 Å². The van der Waals surface area contributed by atoms with Crippen LogP contribution in [0.5, 0.6) is 0 Å². The van der Waals surface area contributed by atoms with Gasteiger partial charge in [0.05, 0.1) is 4.92 Å². The van der Waals surface area contributed by atoms with Gasteiger partial charge in [0, 0.05) is 23.6 Å². The Morgan fingerprint density at radius 2 is 1.93 bits per heavy atom. The van der Waals surface area contributed by atoms with Gasteiger partial charge in [0.25, 0.3) is 5.69 Å². The number of benzene rings is 1. The molecule has 0 aliphatic heterocycles. The van der Waals surface area contributed by atoms with Crippen molar-refractivity contribution in [1.29, 1.82) is 0 Å². The van der Waals surface area contributed by atoms with E-state index in [1.165, 1.54) is 6.07 Å². The summed E-state index contributed by atoms with van der Waals surface area (Å²) in [7, 11) is 0. The second-order valence-corrected chi connectivity index (χ2v) is 4.64. The molecule has 0 unspecified atom stereocenters. The van der Waals surface area contributed by atoms with Gasteiger partial charge in [0.15, 0.2) is 0 Å². The maximum Gasteiger partial charge on any atom is 0.272 e. The molecule has 2 atom stereocenters. The number of nitro benzene ring substituents is 1. The zero-order valence-electron chi connectivity index (χ0n) is 8.81. The SMILES string of the molecule is CC1(C)[C@@H](N)[C@@H]1c1ccccc1[N+](=O)[O-]. The molecule has 0 spiro atoms. The van der Waals surface area contributed by atoms with E-state index in [1.807, 2.05) is 19.9 Å². The molecule has 1 saturated carbocycles. The van der Waals surface area contributed by atoms with Crippen molar-refractivity contribution in [2.24, 2.45) is 11.1 Å². The van der Waals surface area contributed by atoms with Crippen LogP contribution in [0.1, 0.15) is 25.3 Å². The third-order valence-electron chi connectivity index (χ3n) is 3.38. The molecule has 4 heteroatoms. The van der Waals surface area contributed by atoms with Gasteiger partial charge in [-0.2, -0.15) is 0 Å². The molecule has 0 aromatic heterocycles. The minimum absolute atomic E-state index is 0.0217. The maximum absolute atomic E-state index is 10.8. The van der Waals surface area contributed by atoms with Crippen LogP contribution in [-0.2, 0) is 0 Å². The highest BCUT2D eigenvalue weighted by atomic mass is 16.6. The van der Waals surface area contributed by atoms with Gasteiger partial charge < -0.3 is 5.73 Å². The lowest BCUT2D eigenvalue weighted by Gasteiger charge is -2.03. The number of hydrogen-bond acceptors (Lipinski definition) is 3. The van der Waals surface area contributed by atoms with E-state index < -0.39 is 0 Å². The molecule has 15 heavy (non-hydrogen) atoms. The summed E-state index contributed by atoms with van der Waals surface area (Å²) in [6.07, 6.45) is 0. The van der Waals surface area contributed by atoms with Crippen LogP contribution < -0.4 is 5.73 Å². The summed E-state index contributed by atoms with van der Waals surface area (Å²) in [6, 6.07) is 6.87. The summed E-state index contributed by atoms with van der Waals surface area (Å²) >= 11 is 0. The average molecular weight is 206 g/mol. The van der Waals surface area contributed by atoms with Crippen molar-refractivity contribution in [3.05, 3.63) is 39.9 Å². The Morgan fingerprint density at radius 1 is 1.40 bits per heavy atom. The molecular formula is C11H14N2O2. The van der Waals surface area contributed by atoms with E-state index in [-0.39, 0.29) is 28.0 Å². The predicted molar refractivity (Wildman–Crippen MR) is 57.6 cm³/mol. The Labute approximate surface area is 88.2 Å². The van der Waals surface area contributed by atoms with Gasteiger partial charge in [-0.3, -0.25) is 10.1 Å². The molecule has 0 amide bonds. The summed E-state index contributed by atoms with van der Waals surface area (Å²) in [5.74, 6) is 0.110. The van der Waals surface area contributed by atoms with Gasteiger partial charge in [-0.25, -0.2) is 0 Å². The number of hydrogen-bond donors (Lipinski definition) is 1. The van der Waals surface area contributed by atoms with E-state index in [0.717, 1.165) is 5.56 Å². The molecule has 1 aromatic carbocycles. The molecule has 80 valence electrons. The molecule has 2 N–H and O–H groups in total. The summed E-state index contributed by atoms with van der Waals surface area (Å²) in [4.78, 5) is 10.5. The largest absolute Gasteiger partial charge is 0.327 e. The fraction of sp³-hybridized carbons (Fsp3) is 0.455. The fourth-order valence-corrected chi connectivity index (χ4v) is 2.19. The van der Waals surface area contributed by atoms with Crippen LogP contribution in [0, 0.1) is 15.5 Å². The van der Waals surface area contributed by atoms with Crippen LogP contribution in [0.2, 0.25) is 0 Å². The maximum atomic E-state index is 10.8. The third kappa shape index (κ3) is 1.41. The minimum atomic E-state index is -0.337. The van der Waals surface area contributed by atoms with Gasteiger partial charge in [-0.1, -0.05) is 32.0 Å². The second-order valence-electron chi connectivity index (χ2n) is 4.64. The van der Waals surface area contributed by atoms with Crippen molar-refractivity contribution in [3.8, 4) is 0 Å². The van der Waals surface area contributed by atoms with E-state index in [2.05, 4.69) is 0 Å². The molecule has 4 nitrogen and oxygen atoms in total. The second kappa shape index (κ2) is 3.03. The summed E-state index contributed by atoms with van der Waals surface area (Å²) in [6.45, 7) is 4.08. The Balaban J connectivity index is 2.42. The highest BCUT2D eigenvalue weighted by Crippen LogP contribution is 2.58. The number of rotatable bonds is 2. The van der Waals surface area contributed by atoms with Crippen molar-refractivity contribution in [2.45, 2.75) is 25.8 Å². The standard InChI is InChI=1S/C11H14N2O2/c1-11(2)9(10(11)12)7-5-3-4-6-8(7)13(14)15/h3-6,9-10H,12H2,1-2H3/t9-,10-/m0/s1. The van der Waals surface area contributed by atoms with Crippen molar-refractivity contribution in [1.82, 2.24) is 0 Å². The Hall–Kier alpha value is -1.42. The number of nitrogens with two attached hydrogens (primary N) is 1. The molecule has 0 heterocycles. The van der Waals surface area contributed by atoms with E-state index in [9.17, 15) is 10.1 Å². The molecule has 1 aliphatic rings. The summed E-state index contributed by atoms with van der Waals surface area (Å²) in [5.41, 5.74) is 6.85. The molecular weight excluding hydrogens is 192 g/mol. The first-order valence-electron chi connectivity index (χ1n) is 4.95. The zero-order valence-corrected chi connectivity index (χ0v) is 8.81. The number of nitro groups is 1. The molecule has 0 radical (unpaired) electrons. The Kier molecular flexibility index (Phi) is 2.04. The van der Waals surface area contributed by atoms with Crippen LogP contribution in [0.3, 0.4) is 0 Å². The number of para-hydroxylation sites is 1. The topological polar surface area (TPSA) is 69.2 Å². The van der Waals surface area contributed by atoms with E-state index in [0.29, 0.717) is 0 Å². The molecule has 2 rings (SSSR count). The highest BCUT2D eigenvalue weighted by Gasteiger charge is 2.57. The van der Waals surface area contributed by atoms with Crippen LogP contribution in [-0.4, -0.2) is 11.0 Å². The van der Waals surface area contributed by atoms with Gasteiger partial charge in [-0.15, -0.1) is 0 Å². The summed E-state index contributed by atoms with van der Waals surface area (Å²) in [5, 5.41) is 10.8. The van der Waals surface area contributed by atoms with Crippen molar-refractivity contribution in [2.75, 3.05) is 0 Å². The molecule has 0 bridgehead atoms. The molecule has 1 aromatic rings. The smallest absolute Gasteiger partial charge is 0.272 e.